The van der Waals surface area contributed by atoms with Crippen LogP contribution in [0, 0.1) is 0 Å². The molecule has 0 saturated heterocycles. The molecule has 1 aromatic carbocycles. The van der Waals surface area contributed by atoms with Gasteiger partial charge in [0.25, 0.3) is 5.56 Å². The first-order valence-corrected chi connectivity index (χ1v) is 9.71. The van der Waals surface area contributed by atoms with Crippen molar-refractivity contribution in [2.75, 3.05) is 5.75 Å². The highest BCUT2D eigenvalue weighted by Crippen LogP contribution is 2.50. The van der Waals surface area contributed by atoms with Crippen LogP contribution < -0.4 is 5.56 Å². The van der Waals surface area contributed by atoms with Crippen molar-refractivity contribution in [2.24, 2.45) is 0 Å². The van der Waals surface area contributed by atoms with Gasteiger partial charge in [-0.25, -0.2) is 0 Å². The van der Waals surface area contributed by atoms with E-state index in [4.69, 9.17) is 0 Å². The normalized spacial score (nSPS) is 23.6. The van der Waals surface area contributed by atoms with Crippen molar-refractivity contribution in [3.63, 3.8) is 0 Å². The largest absolute Gasteiger partial charge is 0.390 e. The summed E-state index contributed by atoms with van der Waals surface area (Å²) in [5.41, 5.74) is 4.33. The van der Waals surface area contributed by atoms with E-state index in [9.17, 15) is 9.90 Å². The highest BCUT2D eigenvalue weighted by atomic mass is 32.2. The third-order valence-electron chi connectivity index (χ3n) is 5.84. The van der Waals surface area contributed by atoms with Crippen molar-refractivity contribution in [3.05, 3.63) is 45.7 Å². The third kappa shape index (κ3) is 1.97. The maximum absolute atomic E-state index is 13.0. The molecule has 0 amide bonds. The number of aliphatic hydroxyl groups excluding tert-OH is 1. The smallest absolute Gasteiger partial charge is 0.278 e. The molecule has 2 aliphatic carbocycles. The lowest BCUT2D eigenvalue weighted by atomic mass is 9.68. The van der Waals surface area contributed by atoms with Gasteiger partial charge in [0.2, 0.25) is 0 Å². The molecule has 1 N–H and O–H groups in total. The summed E-state index contributed by atoms with van der Waals surface area (Å²) in [5, 5.41) is 10.9. The zero-order valence-corrected chi connectivity index (χ0v) is 14.3. The maximum atomic E-state index is 13.0. The van der Waals surface area contributed by atoms with E-state index in [2.05, 4.69) is 27.8 Å². The van der Waals surface area contributed by atoms with E-state index < -0.39 is 0 Å². The summed E-state index contributed by atoms with van der Waals surface area (Å²) < 4.78 is 2.10. The molecule has 1 unspecified atom stereocenters. The molecule has 1 spiro atoms. The number of hydrogen-bond donors (Lipinski definition) is 1. The Balaban J connectivity index is 1.87. The Morgan fingerprint density at radius 2 is 2.04 bits per heavy atom. The summed E-state index contributed by atoms with van der Waals surface area (Å²) in [5.74, 6) is 0.609. The van der Waals surface area contributed by atoms with Crippen LogP contribution >= 0.6 is 11.8 Å². The molecule has 0 bridgehead atoms. The van der Waals surface area contributed by atoms with E-state index in [1.807, 2.05) is 6.07 Å². The zero-order chi connectivity index (χ0) is 16.3. The van der Waals surface area contributed by atoms with Crippen LogP contribution in [0.25, 0.3) is 11.3 Å². The standard InChI is InChI=1S/C19H20N2O2S/c22-13-10-21-16-14-6-2-1-5-12(14)9-19(7-3-4-8-19)15(16)17(23)20-18(21)24-11-13/h1-2,5-6,13,22H,3-4,7-11H2. The first kappa shape index (κ1) is 14.7. The van der Waals surface area contributed by atoms with Crippen molar-refractivity contribution in [1.82, 2.24) is 9.55 Å². The van der Waals surface area contributed by atoms with Crippen LogP contribution in [0.15, 0.2) is 34.2 Å². The molecule has 24 heavy (non-hydrogen) atoms. The van der Waals surface area contributed by atoms with Crippen molar-refractivity contribution in [3.8, 4) is 11.3 Å². The molecular weight excluding hydrogens is 320 g/mol. The summed E-state index contributed by atoms with van der Waals surface area (Å²) in [4.78, 5) is 17.4. The van der Waals surface area contributed by atoms with Gasteiger partial charge in [0.1, 0.15) is 0 Å². The van der Waals surface area contributed by atoms with Gasteiger partial charge in [0, 0.05) is 16.7 Å². The van der Waals surface area contributed by atoms with Crippen LogP contribution in [-0.2, 0) is 18.4 Å². The van der Waals surface area contributed by atoms with Crippen molar-refractivity contribution in [1.29, 1.82) is 0 Å². The quantitative estimate of drug-likeness (QED) is 0.749. The molecule has 1 atom stereocenters. The average Bonchev–Trinajstić information content (AvgIpc) is 3.03. The molecule has 1 aliphatic heterocycles. The fourth-order valence-corrected chi connectivity index (χ4v) is 5.76. The van der Waals surface area contributed by atoms with Crippen LogP contribution in [0.2, 0.25) is 0 Å². The Kier molecular flexibility index (Phi) is 3.19. The number of nitrogens with zero attached hydrogens (tertiary/aromatic N) is 2. The fourth-order valence-electron chi connectivity index (χ4n) is 4.84. The third-order valence-corrected chi connectivity index (χ3v) is 6.96. The summed E-state index contributed by atoms with van der Waals surface area (Å²) in [6.07, 6.45) is 5.06. The monoisotopic (exact) mass is 340 g/mol. The molecule has 2 aromatic rings. The Hall–Kier alpha value is -1.59. The Labute approximate surface area is 144 Å². The Bertz CT molecular complexity index is 883. The minimum atomic E-state index is -0.385. The van der Waals surface area contributed by atoms with Crippen molar-refractivity contribution in [2.45, 2.75) is 55.3 Å². The molecule has 3 aliphatic rings. The molecular formula is C19H20N2O2S. The molecule has 124 valence electrons. The number of thioether (sulfide) groups is 1. The van der Waals surface area contributed by atoms with Gasteiger partial charge in [0.15, 0.2) is 5.16 Å². The molecule has 4 nitrogen and oxygen atoms in total. The highest BCUT2D eigenvalue weighted by molar-refractivity contribution is 7.99. The van der Waals surface area contributed by atoms with Crippen molar-refractivity contribution < 1.29 is 5.11 Å². The van der Waals surface area contributed by atoms with Gasteiger partial charge in [-0.15, -0.1) is 0 Å². The second-order valence-corrected chi connectivity index (χ2v) is 8.31. The van der Waals surface area contributed by atoms with Gasteiger partial charge in [-0.05, 0) is 24.8 Å². The molecule has 2 heterocycles. The van der Waals surface area contributed by atoms with Gasteiger partial charge in [-0.2, -0.15) is 4.98 Å². The first-order chi connectivity index (χ1) is 11.7. The van der Waals surface area contributed by atoms with Gasteiger partial charge < -0.3 is 9.67 Å². The molecule has 0 radical (unpaired) electrons. The summed E-state index contributed by atoms with van der Waals surface area (Å²) in [6, 6.07) is 8.45. The average molecular weight is 340 g/mol. The molecule has 5 heteroatoms. The van der Waals surface area contributed by atoms with Gasteiger partial charge in [-0.3, -0.25) is 4.79 Å². The minimum Gasteiger partial charge on any atom is -0.390 e. The number of aliphatic hydroxyl groups is 1. The Morgan fingerprint density at radius 1 is 1.25 bits per heavy atom. The van der Waals surface area contributed by atoms with E-state index >= 15 is 0 Å². The second-order valence-electron chi connectivity index (χ2n) is 7.32. The zero-order valence-electron chi connectivity index (χ0n) is 13.5. The number of rotatable bonds is 0. The topological polar surface area (TPSA) is 55.1 Å². The maximum Gasteiger partial charge on any atom is 0.278 e. The molecule has 5 rings (SSSR count). The van der Waals surface area contributed by atoms with Crippen LogP contribution in [0.4, 0.5) is 0 Å². The lowest BCUT2D eigenvalue weighted by Gasteiger charge is -2.38. The predicted octanol–water partition coefficient (Wildman–Crippen LogP) is 2.74. The van der Waals surface area contributed by atoms with Crippen LogP contribution in [0.5, 0.6) is 0 Å². The summed E-state index contributed by atoms with van der Waals surface area (Å²) in [6.45, 7) is 0.530. The van der Waals surface area contributed by atoms with E-state index in [1.165, 1.54) is 30.2 Å². The van der Waals surface area contributed by atoms with Gasteiger partial charge in [-0.1, -0.05) is 48.9 Å². The number of benzene rings is 1. The minimum absolute atomic E-state index is 0.0449. The lowest BCUT2D eigenvalue weighted by molar-refractivity contribution is 0.169. The molecule has 1 fully saturated rings. The molecule has 1 aromatic heterocycles. The second kappa shape index (κ2) is 5.20. The SMILES string of the molecule is O=c1nc2n(c3c1C1(CCCC1)Cc1ccccc1-3)CC(O)CS2. The highest BCUT2D eigenvalue weighted by Gasteiger charge is 2.45. The van der Waals surface area contributed by atoms with Crippen molar-refractivity contribution >= 4 is 11.8 Å². The van der Waals surface area contributed by atoms with E-state index in [-0.39, 0.29) is 17.1 Å². The number of fused-ring (bicyclic) bond motifs is 6. The van der Waals surface area contributed by atoms with E-state index in [0.717, 1.165) is 41.2 Å². The first-order valence-electron chi connectivity index (χ1n) is 8.72. The van der Waals surface area contributed by atoms with Gasteiger partial charge >= 0.3 is 0 Å². The van der Waals surface area contributed by atoms with Crippen LogP contribution in [0.3, 0.4) is 0 Å². The van der Waals surface area contributed by atoms with Gasteiger partial charge in [0.05, 0.1) is 23.9 Å². The fraction of sp³-hybridized carbons (Fsp3) is 0.474. The Morgan fingerprint density at radius 3 is 2.88 bits per heavy atom. The van der Waals surface area contributed by atoms with E-state index in [0.29, 0.717) is 12.3 Å². The molecule has 1 saturated carbocycles. The van der Waals surface area contributed by atoms with E-state index in [1.54, 1.807) is 0 Å². The summed E-state index contributed by atoms with van der Waals surface area (Å²) in [7, 11) is 0. The number of aromatic nitrogens is 2. The van der Waals surface area contributed by atoms with Crippen LogP contribution in [0.1, 0.15) is 36.8 Å². The summed E-state index contributed by atoms with van der Waals surface area (Å²) >= 11 is 1.49. The number of hydrogen-bond acceptors (Lipinski definition) is 4. The predicted molar refractivity (Wildman–Crippen MR) is 94.5 cm³/mol. The lowest BCUT2D eigenvalue weighted by Crippen LogP contribution is -2.40. The van der Waals surface area contributed by atoms with Crippen LogP contribution in [-0.4, -0.2) is 26.5 Å².